The number of anilines is 1. The number of aromatic nitrogens is 1. The number of pyridine rings is 1. The molecule has 2 aromatic rings. The fourth-order valence-corrected chi connectivity index (χ4v) is 2.69. The molecule has 2 heterocycles. The number of benzene rings is 1. The molecule has 0 radical (unpaired) electrons. The minimum absolute atomic E-state index is 0.0552. The van der Waals surface area contributed by atoms with Gasteiger partial charge in [0.15, 0.2) is 11.0 Å². The summed E-state index contributed by atoms with van der Waals surface area (Å²) in [7, 11) is 1.51. The fourth-order valence-electron chi connectivity index (χ4n) is 2.39. The van der Waals surface area contributed by atoms with E-state index >= 15 is 0 Å². The predicted octanol–water partition coefficient (Wildman–Crippen LogP) is 2.17. The topological polar surface area (TPSA) is 83.9 Å². The van der Waals surface area contributed by atoms with Crippen LogP contribution in [0.3, 0.4) is 0 Å². The van der Waals surface area contributed by atoms with E-state index in [-0.39, 0.29) is 5.11 Å². The molecule has 1 aliphatic rings. The summed E-state index contributed by atoms with van der Waals surface area (Å²) in [6.07, 6.45) is 2.78. The molecule has 26 heavy (non-hydrogen) atoms. The van der Waals surface area contributed by atoms with Crippen LogP contribution in [0, 0.1) is 12.8 Å². The molecule has 1 N–H and O–H groups in total. The molecule has 8 heteroatoms. The Balaban J connectivity index is 1.84. The van der Waals surface area contributed by atoms with Crippen LogP contribution in [0.15, 0.2) is 47.6 Å². The maximum absolute atomic E-state index is 12.8. The van der Waals surface area contributed by atoms with Gasteiger partial charge in [0, 0.05) is 12.3 Å². The lowest BCUT2D eigenvalue weighted by Crippen LogP contribution is -2.58. The van der Waals surface area contributed by atoms with Crippen molar-refractivity contribution in [3.8, 4) is 5.88 Å². The van der Waals surface area contributed by atoms with Crippen LogP contribution >= 0.6 is 12.2 Å². The first-order chi connectivity index (χ1) is 12.5. The zero-order chi connectivity index (χ0) is 18.7. The molecule has 1 atom stereocenters. The molecule has 0 saturated carbocycles. The Morgan fingerprint density at radius 3 is 2.58 bits per heavy atom. The van der Waals surface area contributed by atoms with Crippen molar-refractivity contribution >= 4 is 46.7 Å². The van der Waals surface area contributed by atoms with Crippen LogP contribution in [0.25, 0.3) is 0 Å². The number of thiocarbonyl (C=S) groups is 1. The van der Waals surface area contributed by atoms with Crippen LogP contribution in [0.1, 0.15) is 5.56 Å². The predicted molar refractivity (Wildman–Crippen MR) is 102 cm³/mol. The maximum Gasteiger partial charge on any atom is 0.251 e. The van der Waals surface area contributed by atoms with E-state index in [1.165, 1.54) is 24.4 Å². The third-order valence-corrected chi connectivity index (χ3v) is 4.08. The second-order valence-corrected chi connectivity index (χ2v) is 6.00. The van der Waals surface area contributed by atoms with Gasteiger partial charge in [0.05, 0.1) is 24.7 Å². The van der Waals surface area contributed by atoms with E-state index < -0.39 is 17.7 Å². The monoisotopic (exact) mass is 368 g/mol. The van der Waals surface area contributed by atoms with Crippen molar-refractivity contribution in [3.63, 3.8) is 0 Å². The van der Waals surface area contributed by atoms with Crippen molar-refractivity contribution < 1.29 is 14.3 Å². The van der Waals surface area contributed by atoms with Gasteiger partial charge >= 0.3 is 0 Å². The summed E-state index contributed by atoms with van der Waals surface area (Å²) in [5.41, 5.74) is 2.15. The maximum atomic E-state index is 12.8. The molecule has 1 fully saturated rings. The fraction of sp³-hybridized carbons (Fsp3) is 0.167. The molecule has 1 saturated heterocycles. The van der Waals surface area contributed by atoms with Gasteiger partial charge in [-0.2, -0.15) is 0 Å². The Morgan fingerprint density at radius 2 is 1.96 bits per heavy atom. The quantitative estimate of drug-likeness (QED) is 0.508. The highest BCUT2D eigenvalue weighted by molar-refractivity contribution is 7.80. The molecule has 1 aromatic carbocycles. The molecule has 7 nitrogen and oxygen atoms in total. The highest BCUT2D eigenvalue weighted by Crippen LogP contribution is 2.21. The van der Waals surface area contributed by atoms with E-state index in [9.17, 15) is 9.59 Å². The van der Waals surface area contributed by atoms with Crippen molar-refractivity contribution in [2.24, 2.45) is 10.9 Å². The zero-order valence-corrected chi connectivity index (χ0v) is 15.0. The number of carbonyl (C=O) groups is 2. The summed E-state index contributed by atoms with van der Waals surface area (Å²) in [4.78, 5) is 34.5. The lowest BCUT2D eigenvalue weighted by Gasteiger charge is -2.30. The number of methoxy groups -OCH3 is 1. The Morgan fingerprint density at radius 1 is 1.23 bits per heavy atom. The summed E-state index contributed by atoms with van der Waals surface area (Å²) in [6.45, 7) is 1.94. The average molecular weight is 368 g/mol. The van der Waals surface area contributed by atoms with Crippen molar-refractivity contribution in [1.29, 1.82) is 0 Å². The van der Waals surface area contributed by atoms with Gasteiger partial charge < -0.3 is 10.1 Å². The van der Waals surface area contributed by atoms with Gasteiger partial charge in [-0.15, -0.1) is 0 Å². The molecule has 0 aliphatic carbocycles. The van der Waals surface area contributed by atoms with Gasteiger partial charge in [0.25, 0.3) is 5.91 Å². The number of amides is 2. The summed E-state index contributed by atoms with van der Waals surface area (Å²) in [5.74, 6) is -1.59. The van der Waals surface area contributed by atoms with E-state index in [1.54, 1.807) is 24.3 Å². The average Bonchev–Trinajstić information content (AvgIpc) is 2.63. The van der Waals surface area contributed by atoms with Crippen LogP contribution in [0.5, 0.6) is 5.88 Å². The molecule has 1 aromatic heterocycles. The molecule has 132 valence electrons. The molecular formula is C18H16N4O3S. The molecular weight excluding hydrogens is 352 g/mol. The zero-order valence-electron chi connectivity index (χ0n) is 14.2. The summed E-state index contributed by atoms with van der Waals surface area (Å²) < 4.78 is 4.98. The molecule has 0 spiro atoms. The Labute approximate surface area is 155 Å². The van der Waals surface area contributed by atoms with E-state index in [0.29, 0.717) is 17.3 Å². The SMILES string of the molecule is COc1ccc(N=C[C@H]2C(=O)NC(=S)N(c3ccc(C)cc3)C2=O)cn1. The highest BCUT2D eigenvalue weighted by atomic mass is 32.1. The summed E-state index contributed by atoms with van der Waals surface area (Å²) >= 11 is 5.16. The van der Waals surface area contributed by atoms with Gasteiger partial charge in [0.2, 0.25) is 11.8 Å². The number of nitrogens with zero attached hydrogens (tertiary/aromatic N) is 3. The second kappa shape index (κ2) is 7.40. The number of ether oxygens (including phenoxy) is 1. The Hall–Kier alpha value is -3.13. The van der Waals surface area contributed by atoms with Crippen molar-refractivity contribution in [3.05, 3.63) is 48.2 Å². The van der Waals surface area contributed by atoms with Gasteiger partial charge in [-0.1, -0.05) is 17.7 Å². The Bertz CT molecular complexity index is 878. The van der Waals surface area contributed by atoms with Crippen LogP contribution in [0.2, 0.25) is 0 Å². The molecule has 0 unspecified atom stereocenters. The highest BCUT2D eigenvalue weighted by Gasteiger charge is 2.38. The Kier molecular flexibility index (Phi) is 5.04. The lowest BCUT2D eigenvalue weighted by molar-refractivity contribution is -0.130. The molecule has 0 bridgehead atoms. The van der Waals surface area contributed by atoms with Crippen LogP contribution in [-0.2, 0) is 9.59 Å². The normalized spacial score (nSPS) is 17.5. The lowest BCUT2D eigenvalue weighted by atomic mass is 10.1. The first-order valence-corrected chi connectivity index (χ1v) is 8.20. The van der Waals surface area contributed by atoms with Gasteiger partial charge in [-0.05, 0) is 37.3 Å². The molecule has 1 aliphatic heterocycles. The largest absolute Gasteiger partial charge is 0.481 e. The van der Waals surface area contributed by atoms with Crippen LogP contribution < -0.4 is 15.0 Å². The third-order valence-electron chi connectivity index (χ3n) is 3.80. The number of rotatable bonds is 4. The van der Waals surface area contributed by atoms with E-state index in [0.717, 1.165) is 5.56 Å². The van der Waals surface area contributed by atoms with Gasteiger partial charge in [-0.25, -0.2) is 4.98 Å². The van der Waals surface area contributed by atoms with Crippen LogP contribution in [-0.4, -0.2) is 35.2 Å². The standard InChI is InChI=1S/C18H16N4O3S/c1-11-3-6-13(7-4-11)22-17(24)14(16(23)21-18(22)26)10-19-12-5-8-15(25-2)20-9-12/h3-10,14H,1-2H3,(H,21,23,26)/t14-/m0/s1. The number of nitrogens with one attached hydrogen (secondary N) is 1. The van der Waals surface area contributed by atoms with E-state index in [1.807, 2.05) is 19.1 Å². The van der Waals surface area contributed by atoms with Crippen LogP contribution in [0.4, 0.5) is 11.4 Å². The van der Waals surface area contributed by atoms with Crippen molar-refractivity contribution in [2.45, 2.75) is 6.92 Å². The number of carbonyl (C=O) groups excluding carboxylic acids is 2. The van der Waals surface area contributed by atoms with E-state index in [2.05, 4.69) is 15.3 Å². The first-order valence-electron chi connectivity index (χ1n) is 7.79. The number of aryl methyl sites for hydroxylation is 1. The smallest absolute Gasteiger partial charge is 0.251 e. The number of aliphatic imine (C=N–C) groups is 1. The second-order valence-electron chi connectivity index (χ2n) is 5.62. The minimum atomic E-state index is -1.08. The van der Waals surface area contributed by atoms with E-state index in [4.69, 9.17) is 17.0 Å². The summed E-state index contributed by atoms with van der Waals surface area (Å²) in [6, 6.07) is 10.6. The van der Waals surface area contributed by atoms with Gasteiger partial charge in [-0.3, -0.25) is 19.5 Å². The number of hydrogen-bond acceptors (Lipinski definition) is 6. The van der Waals surface area contributed by atoms with Crippen molar-refractivity contribution in [1.82, 2.24) is 10.3 Å². The third kappa shape index (κ3) is 3.60. The van der Waals surface area contributed by atoms with Gasteiger partial charge in [0.1, 0.15) is 0 Å². The molecule has 2 amide bonds. The molecule has 3 rings (SSSR count). The first kappa shape index (κ1) is 17.7. The van der Waals surface area contributed by atoms with Crippen molar-refractivity contribution in [2.75, 3.05) is 12.0 Å². The summed E-state index contributed by atoms with van der Waals surface area (Å²) in [5, 5.41) is 2.60. The number of hydrogen-bond donors (Lipinski definition) is 1. The minimum Gasteiger partial charge on any atom is -0.481 e.